The van der Waals surface area contributed by atoms with E-state index >= 15 is 0 Å². The van der Waals surface area contributed by atoms with Gasteiger partial charge in [0.05, 0.1) is 0 Å². The van der Waals surface area contributed by atoms with Gasteiger partial charge in [0.2, 0.25) is 0 Å². The molecule has 0 aliphatic heterocycles. The van der Waals surface area contributed by atoms with E-state index in [1.807, 2.05) is 0 Å². The van der Waals surface area contributed by atoms with Gasteiger partial charge >= 0.3 is 0 Å². The first-order chi connectivity index (χ1) is 8.81. The quantitative estimate of drug-likeness (QED) is 0.497. The summed E-state index contributed by atoms with van der Waals surface area (Å²) in [5, 5.41) is 5.38. The van der Waals surface area contributed by atoms with Crippen LogP contribution in [0.1, 0.15) is 18.1 Å². The van der Waals surface area contributed by atoms with E-state index in [9.17, 15) is 0 Å². The van der Waals surface area contributed by atoms with E-state index in [1.54, 1.807) is 0 Å². The average molecular weight is 232 g/mol. The van der Waals surface area contributed by atoms with Crippen LogP contribution in [0.3, 0.4) is 0 Å². The van der Waals surface area contributed by atoms with E-state index in [0.29, 0.717) is 0 Å². The molecule has 0 unspecified atom stereocenters. The molecule has 18 heavy (non-hydrogen) atoms. The van der Waals surface area contributed by atoms with Crippen molar-refractivity contribution >= 4 is 27.6 Å². The summed E-state index contributed by atoms with van der Waals surface area (Å²) in [6, 6.07) is 17.4. The molecule has 0 N–H and O–H groups in total. The minimum atomic E-state index is 1.30. The highest BCUT2D eigenvalue weighted by atomic mass is 14.1. The monoisotopic (exact) mass is 232 g/mol. The topological polar surface area (TPSA) is 0 Å². The van der Waals surface area contributed by atoms with Crippen LogP contribution >= 0.6 is 0 Å². The molecule has 0 spiro atoms. The maximum Gasteiger partial charge on any atom is -0.00303 e. The fraction of sp³-hybridized carbons (Fsp3) is 0.111. The Morgan fingerprint density at radius 2 is 1.44 bits per heavy atom. The zero-order valence-corrected chi connectivity index (χ0v) is 10.8. The van der Waals surface area contributed by atoms with Gasteiger partial charge in [-0.25, -0.2) is 0 Å². The second-order valence-corrected chi connectivity index (χ2v) is 4.68. The molecule has 0 fully saturated rings. The van der Waals surface area contributed by atoms with Gasteiger partial charge < -0.3 is 0 Å². The van der Waals surface area contributed by atoms with Crippen LogP contribution in [0.25, 0.3) is 27.6 Å². The second kappa shape index (κ2) is 4.30. The van der Waals surface area contributed by atoms with Crippen LogP contribution in [0.2, 0.25) is 0 Å². The molecule has 0 saturated heterocycles. The Kier molecular flexibility index (Phi) is 2.64. The van der Waals surface area contributed by atoms with Crippen molar-refractivity contribution in [3.8, 4) is 0 Å². The summed E-state index contributed by atoms with van der Waals surface area (Å²) >= 11 is 0. The Bertz CT molecular complexity index is 748. The molecule has 0 aromatic heterocycles. The molecule has 3 aromatic carbocycles. The molecule has 0 heteroatoms. The van der Waals surface area contributed by atoms with Crippen molar-refractivity contribution in [2.24, 2.45) is 0 Å². The first-order valence-corrected chi connectivity index (χ1v) is 6.35. The van der Waals surface area contributed by atoms with Crippen LogP contribution in [-0.2, 0) is 0 Å². The predicted molar refractivity (Wildman–Crippen MR) is 80.9 cm³/mol. The number of aryl methyl sites for hydroxylation is 1. The maximum atomic E-state index is 2.21. The number of hydrogen-bond acceptors (Lipinski definition) is 0. The van der Waals surface area contributed by atoms with E-state index in [0.717, 1.165) is 0 Å². The number of fused-ring (bicyclic) bond motifs is 3. The van der Waals surface area contributed by atoms with Crippen molar-refractivity contribution in [2.45, 2.75) is 13.8 Å². The molecule has 0 amide bonds. The lowest BCUT2D eigenvalue weighted by Crippen LogP contribution is -1.84. The summed E-state index contributed by atoms with van der Waals surface area (Å²) in [5.41, 5.74) is 2.64. The van der Waals surface area contributed by atoms with Gasteiger partial charge in [-0.05, 0) is 46.5 Å². The normalized spacial score (nSPS) is 11.7. The van der Waals surface area contributed by atoms with Crippen molar-refractivity contribution in [3.63, 3.8) is 0 Å². The van der Waals surface area contributed by atoms with Crippen LogP contribution in [0, 0.1) is 6.92 Å². The Morgan fingerprint density at radius 1 is 0.778 bits per heavy atom. The fourth-order valence-corrected chi connectivity index (χ4v) is 2.69. The molecule has 0 aliphatic carbocycles. The summed E-state index contributed by atoms with van der Waals surface area (Å²) in [4.78, 5) is 0. The van der Waals surface area contributed by atoms with E-state index in [2.05, 4.69) is 74.5 Å². The van der Waals surface area contributed by atoms with Crippen molar-refractivity contribution in [1.29, 1.82) is 0 Å². The van der Waals surface area contributed by atoms with Crippen molar-refractivity contribution in [3.05, 3.63) is 65.7 Å². The van der Waals surface area contributed by atoms with Gasteiger partial charge in [-0.1, -0.05) is 60.7 Å². The van der Waals surface area contributed by atoms with Gasteiger partial charge in [-0.2, -0.15) is 0 Å². The minimum absolute atomic E-state index is 1.30. The summed E-state index contributed by atoms with van der Waals surface area (Å²) in [6.45, 7) is 4.25. The van der Waals surface area contributed by atoms with Crippen molar-refractivity contribution < 1.29 is 0 Å². The van der Waals surface area contributed by atoms with Crippen LogP contribution < -0.4 is 0 Å². The van der Waals surface area contributed by atoms with Gasteiger partial charge in [0.25, 0.3) is 0 Å². The van der Waals surface area contributed by atoms with Crippen LogP contribution in [0.4, 0.5) is 0 Å². The van der Waals surface area contributed by atoms with Gasteiger partial charge in [0.15, 0.2) is 0 Å². The number of hydrogen-bond donors (Lipinski definition) is 0. The molecule has 3 rings (SSSR count). The molecule has 0 nitrogen and oxygen atoms in total. The third-order valence-electron chi connectivity index (χ3n) is 3.47. The van der Waals surface area contributed by atoms with Crippen LogP contribution in [0.15, 0.2) is 54.6 Å². The molecule has 88 valence electrons. The van der Waals surface area contributed by atoms with Gasteiger partial charge in [0, 0.05) is 0 Å². The van der Waals surface area contributed by atoms with E-state index in [-0.39, 0.29) is 0 Å². The molecule has 0 aliphatic rings. The lowest BCUT2D eigenvalue weighted by Gasteiger charge is -2.09. The van der Waals surface area contributed by atoms with Crippen LogP contribution in [0.5, 0.6) is 0 Å². The first kappa shape index (κ1) is 11.0. The minimum Gasteiger partial charge on any atom is -0.0870 e. The summed E-state index contributed by atoms with van der Waals surface area (Å²) in [6.07, 6.45) is 4.29. The SMILES string of the molecule is C/C=C\c1cccc2ccc3cccc(C)c3c12. The Balaban J connectivity index is 2.59. The third-order valence-corrected chi connectivity index (χ3v) is 3.47. The van der Waals surface area contributed by atoms with E-state index in [4.69, 9.17) is 0 Å². The number of allylic oxidation sites excluding steroid dienone is 1. The highest BCUT2D eigenvalue weighted by Gasteiger charge is 2.05. The van der Waals surface area contributed by atoms with Crippen LogP contribution in [-0.4, -0.2) is 0 Å². The smallest absolute Gasteiger partial charge is 0.00303 e. The summed E-state index contributed by atoms with van der Waals surface area (Å²) in [7, 11) is 0. The standard InChI is InChI=1S/C18H16/c1-3-6-14-9-5-10-16-12-11-15-8-4-7-13(2)17(15)18(14)16/h3-12H,1-2H3/b6-3-. The number of benzene rings is 3. The molecular formula is C18H16. The van der Waals surface area contributed by atoms with Crippen molar-refractivity contribution in [2.75, 3.05) is 0 Å². The molecule has 0 radical (unpaired) electrons. The summed E-state index contributed by atoms with van der Waals surface area (Å²) in [5.74, 6) is 0. The first-order valence-electron chi connectivity index (χ1n) is 6.35. The lowest BCUT2D eigenvalue weighted by atomic mass is 9.95. The van der Waals surface area contributed by atoms with E-state index in [1.165, 1.54) is 32.7 Å². The average Bonchev–Trinajstić information content (AvgIpc) is 2.39. The molecule has 0 atom stereocenters. The Labute approximate surface area is 108 Å². The summed E-state index contributed by atoms with van der Waals surface area (Å²) < 4.78 is 0. The third kappa shape index (κ3) is 1.62. The van der Waals surface area contributed by atoms with E-state index < -0.39 is 0 Å². The Hall–Kier alpha value is -2.08. The van der Waals surface area contributed by atoms with Gasteiger partial charge in [-0.3, -0.25) is 0 Å². The fourth-order valence-electron chi connectivity index (χ4n) is 2.69. The molecule has 0 bridgehead atoms. The maximum absolute atomic E-state index is 2.21. The highest BCUT2D eigenvalue weighted by molar-refractivity contribution is 6.12. The van der Waals surface area contributed by atoms with Crippen molar-refractivity contribution in [1.82, 2.24) is 0 Å². The van der Waals surface area contributed by atoms with Gasteiger partial charge in [0.1, 0.15) is 0 Å². The Morgan fingerprint density at radius 3 is 2.17 bits per heavy atom. The second-order valence-electron chi connectivity index (χ2n) is 4.68. The molecule has 3 aromatic rings. The zero-order valence-electron chi connectivity index (χ0n) is 10.8. The largest absolute Gasteiger partial charge is 0.0870 e. The molecule has 0 saturated carbocycles. The highest BCUT2D eigenvalue weighted by Crippen LogP contribution is 2.31. The predicted octanol–water partition coefficient (Wildman–Crippen LogP) is 5.33. The molecular weight excluding hydrogens is 216 g/mol. The van der Waals surface area contributed by atoms with Gasteiger partial charge in [-0.15, -0.1) is 0 Å². The molecule has 0 heterocycles. The number of rotatable bonds is 1. The lowest BCUT2D eigenvalue weighted by molar-refractivity contribution is 1.54. The zero-order chi connectivity index (χ0) is 12.5.